The zero-order valence-electron chi connectivity index (χ0n) is 11.2. The molecule has 0 heterocycles. The molecule has 0 saturated carbocycles. The molecule has 0 aliphatic heterocycles. The molecule has 0 aliphatic carbocycles. The minimum absolute atomic E-state index is 0.125. The molecule has 3 heteroatoms. The lowest BCUT2D eigenvalue weighted by Gasteiger charge is -2.11. The van der Waals surface area contributed by atoms with E-state index in [1.54, 1.807) is 0 Å². The Kier molecular flexibility index (Phi) is 4.46. The first-order valence-corrected chi connectivity index (χ1v) is 6.71. The van der Waals surface area contributed by atoms with Crippen molar-refractivity contribution in [1.29, 1.82) is 0 Å². The lowest BCUT2D eigenvalue weighted by atomic mass is 10.1. The van der Waals surface area contributed by atoms with Gasteiger partial charge in [0.25, 0.3) is 0 Å². The molecule has 19 heavy (non-hydrogen) atoms. The Morgan fingerprint density at radius 1 is 1.21 bits per heavy atom. The summed E-state index contributed by atoms with van der Waals surface area (Å²) < 4.78 is 5.79. The van der Waals surface area contributed by atoms with E-state index in [4.69, 9.17) is 22.1 Å². The van der Waals surface area contributed by atoms with E-state index in [-0.39, 0.29) is 6.04 Å². The van der Waals surface area contributed by atoms with E-state index in [1.807, 2.05) is 56.3 Å². The highest BCUT2D eigenvalue weighted by atomic mass is 35.5. The Labute approximate surface area is 119 Å². The standard InChI is InChI=1S/C16H18ClNO/c1-11-4-3-5-14(8-11)19-16-7-6-13(9-12(2)18)10-15(16)17/h3-8,10,12H,9,18H2,1-2H3. The van der Waals surface area contributed by atoms with Gasteiger partial charge in [-0.3, -0.25) is 0 Å². The average molecular weight is 276 g/mol. The Balaban J connectivity index is 2.17. The highest BCUT2D eigenvalue weighted by Gasteiger charge is 2.06. The molecule has 1 unspecified atom stereocenters. The molecular weight excluding hydrogens is 258 g/mol. The van der Waals surface area contributed by atoms with Crippen molar-refractivity contribution in [3.05, 3.63) is 58.6 Å². The molecule has 1 atom stereocenters. The van der Waals surface area contributed by atoms with Crippen molar-refractivity contribution >= 4 is 11.6 Å². The Morgan fingerprint density at radius 2 is 2.00 bits per heavy atom. The molecule has 0 aliphatic rings. The predicted molar refractivity (Wildman–Crippen MR) is 80.1 cm³/mol. The van der Waals surface area contributed by atoms with Crippen molar-refractivity contribution in [3.8, 4) is 11.5 Å². The molecule has 0 aromatic heterocycles. The fraction of sp³-hybridized carbons (Fsp3) is 0.250. The van der Waals surface area contributed by atoms with Crippen molar-refractivity contribution in [1.82, 2.24) is 0 Å². The van der Waals surface area contributed by atoms with Crippen LogP contribution in [0.1, 0.15) is 18.1 Å². The highest BCUT2D eigenvalue weighted by Crippen LogP contribution is 2.30. The number of hydrogen-bond donors (Lipinski definition) is 1. The van der Waals surface area contributed by atoms with Crippen LogP contribution >= 0.6 is 11.6 Å². The Hall–Kier alpha value is -1.51. The van der Waals surface area contributed by atoms with E-state index >= 15 is 0 Å². The summed E-state index contributed by atoms with van der Waals surface area (Å²) >= 11 is 6.24. The van der Waals surface area contributed by atoms with Crippen LogP contribution in [0.15, 0.2) is 42.5 Å². The molecule has 0 radical (unpaired) electrons. The van der Waals surface area contributed by atoms with E-state index in [9.17, 15) is 0 Å². The van der Waals surface area contributed by atoms with Crippen LogP contribution < -0.4 is 10.5 Å². The maximum absolute atomic E-state index is 6.24. The summed E-state index contributed by atoms with van der Waals surface area (Å²) in [5.74, 6) is 1.46. The van der Waals surface area contributed by atoms with Crippen molar-refractivity contribution in [2.45, 2.75) is 26.3 Å². The second-order valence-corrected chi connectivity index (χ2v) is 5.27. The highest BCUT2D eigenvalue weighted by molar-refractivity contribution is 6.32. The van der Waals surface area contributed by atoms with Gasteiger partial charge in [0.2, 0.25) is 0 Å². The molecule has 100 valence electrons. The van der Waals surface area contributed by atoms with E-state index in [0.717, 1.165) is 23.3 Å². The van der Waals surface area contributed by atoms with Gasteiger partial charge in [0.05, 0.1) is 5.02 Å². The van der Waals surface area contributed by atoms with Crippen LogP contribution in [-0.4, -0.2) is 6.04 Å². The molecule has 0 fully saturated rings. The zero-order chi connectivity index (χ0) is 13.8. The molecule has 0 saturated heterocycles. The number of ether oxygens (including phenoxy) is 1. The van der Waals surface area contributed by atoms with Gasteiger partial charge in [-0.05, 0) is 55.7 Å². The molecular formula is C16H18ClNO. The smallest absolute Gasteiger partial charge is 0.146 e. The molecule has 2 nitrogen and oxygen atoms in total. The van der Waals surface area contributed by atoms with Gasteiger partial charge in [-0.25, -0.2) is 0 Å². The van der Waals surface area contributed by atoms with Crippen LogP contribution in [0.25, 0.3) is 0 Å². The van der Waals surface area contributed by atoms with E-state index in [1.165, 1.54) is 0 Å². The van der Waals surface area contributed by atoms with E-state index in [0.29, 0.717) is 10.8 Å². The van der Waals surface area contributed by atoms with Crippen molar-refractivity contribution in [2.24, 2.45) is 5.73 Å². The SMILES string of the molecule is Cc1cccc(Oc2ccc(CC(C)N)cc2Cl)c1. The van der Waals surface area contributed by atoms with Crippen molar-refractivity contribution in [3.63, 3.8) is 0 Å². The maximum Gasteiger partial charge on any atom is 0.146 e. The quantitative estimate of drug-likeness (QED) is 0.901. The first-order chi connectivity index (χ1) is 9.04. The van der Waals surface area contributed by atoms with Gasteiger partial charge in [-0.2, -0.15) is 0 Å². The Bertz CT molecular complexity index is 566. The number of hydrogen-bond acceptors (Lipinski definition) is 2. The summed E-state index contributed by atoms with van der Waals surface area (Å²) in [6, 6.07) is 13.8. The normalized spacial score (nSPS) is 12.2. The molecule has 0 spiro atoms. The van der Waals surface area contributed by atoms with Crippen LogP contribution in [0.4, 0.5) is 0 Å². The zero-order valence-corrected chi connectivity index (χ0v) is 11.9. The third-order valence-electron chi connectivity index (χ3n) is 2.77. The summed E-state index contributed by atoms with van der Waals surface area (Å²) in [6.07, 6.45) is 0.810. The number of rotatable bonds is 4. The first kappa shape index (κ1) is 13.9. The number of aryl methyl sites for hydroxylation is 1. The minimum atomic E-state index is 0.125. The molecule has 0 bridgehead atoms. The molecule has 2 rings (SSSR count). The fourth-order valence-electron chi connectivity index (χ4n) is 1.93. The molecule has 2 aromatic carbocycles. The first-order valence-electron chi connectivity index (χ1n) is 6.33. The lowest BCUT2D eigenvalue weighted by molar-refractivity contribution is 0.482. The van der Waals surface area contributed by atoms with Gasteiger partial charge in [-0.1, -0.05) is 29.8 Å². The van der Waals surface area contributed by atoms with Crippen molar-refractivity contribution < 1.29 is 4.74 Å². The second kappa shape index (κ2) is 6.09. The van der Waals surface area contributed by atoms with Gasteiger partial charge >= 0.3 is 0 Å². The number of nitrogens with two attached hydrogens (primary N) is 1. The van der Waals surface area contributed by atoms with Crippen LogP contribution in [0, 0.1) is 6.92 Å². The second-order valence-electron chi connectivity index (χ2n) is 4.86. The van der Waals surface area contributed by atoms with Gasteiger partial charge in [0, 0.05) is 6.04 Å². The van der Waals surface area contributed by atoms with Gasteiger partial charge in [0.15, 0.2) is 0 Å². The summed E-state index contributed by atoms with van der Waals surface area (Å²) in [6.45, 7) is 4.01. The molecule has 0 amide bonds. The molecule has 2 aromatic rings. The van der Waals surface area contributed by atoms with Gasteiger partial charge in [0.1, 0.15) is 11.5 Å². The third-order valence-corrected chi connectivity index (χ3v) is 3.07. The third kappa shape index (κ3) is 3.98. The fourth-order valence-corrected chi connectivity index (χ4v) is 2.17. The van der Waals surface area contributed by atoms with Gasteiger partial charge in [-0.15, -0.1) is 0 Å². The van der Waals surface area contributed by atoms with E-state index < -0.39 is 0 Å². The van der Waals surface area contributed by atoms with E-state index in [2.05, 4.69) is 0 Å². The summed E-state index contributed by atoms with van der Waals surface area (Å²) in [5.41, 5.74) is 8.06. The van der Waals surface area contributed by atoms with Crippen LogP contribution in [0.5, 0.6) is 11.5 Å². The summed E-state index contributed by atoms with van der Waals surface area (Å²) in [4.78, 5) is 0. The number of halogens is 1. The topological polar surface area (TPSA) is 35.2 Å². The predicted octanol–water partition coefficient (Wildman–Crippen LogP) is 4.33. The summed E-state index contributed by atoms with van der Waals surface area (Å²) in [5, 5.41) is 0.611. The minimum Gasteiger partial charge on any atom is -0.456 e. The van der Waals surface area contributed by atoms with Gasteiger partial charge < -0.3 is 10.5 Å². The van der Waals surface area contributed by atoms with Crippen molar-refractivity contribution in [2.75, 3.05) is 0 Å². The van der Waals surface area contributed by atoms with Crippen LogP contribution in [0.3, 0.4) is 0 Å². The average Bonchev–Trinajstić information content (AvgIpc) is 2.32. The summed E-state index contributed by atoms with van der Waals surface area (Å²) in [7, 11) is 0. The Morgan fingerprint density at radius 3 is 2.63 bits per heavy atom. The number of benzene rings is 2. The maximum atomic E-state index is 6.24. The van der Waals surface area contributed by atoms with Crippen LogP contribution in [-0.2, 0) is 6.42 Å². The monoisotopic (exact) mass is 275 g/mol. The molecule has 2 N–H and O–H groups in total. The largest absolute Gasteiger partial charge is 0.456 e. The lowest BCUT2D eigenvalue weighted by Crippen LogP contribution is -2.17. The van der Waals surface area contributed by atoms with Crippen LogP contribution in [0.2, 0.25) is 5.02 Å².